The minimum atomic E-state index is -0.315. The van der Waals surface area contributed by atoms with Crippen molar-refractivity contribution < 1.29 is 4.39 Å². The topological polar surface area (TPSA) is 12.9 Å². The third-order valence-corrected chi connectivity index (χ3v) is 4.23. The van der Waals surface area contributed by atoms with Gasteiger partial charge >= 0.3 is 0 Å². The number of fused-ring (bicyclic) bond motifs is 1. The minimum Gasteiger partial charge on any atom is -0.254 e. The Morgan fingerprint density at radius 1 is 1.33 bits per heavy atom. The summed E-state index contributed by atoms with van der Waals surface area (Å²) in [4.78, 5) is 4.18. The Labute approximate surface area is 108 Å². The Morgan fingerprint density at radius 2 is 2.00 bits per heavy atom. The van der Waals surface area contributed by atoms with Crippen LogP contribution in [0.3, 0.4) is 0 Å². The van der Waals surface area contributed by atoms with Gasteiger partial charge in [0.2, 0.25) is 0 Å². The minimum absolute atomic E-state index is 0.315. The first-order valence-corrected chi connectivity index (χ1v) is 6.07. The van der Waals surface area contributed by atoms with Gasteiger partial charge in [0.1, 0.15) is 5.82 Å². The van der Waals surface area contributed by atoms with Crippen LogP contribution in [0.2, 0.25) is 5.02 Å². The van der Waals surface area contributed by atoms with E-state index < -0.39 is 0 Å². The number of rotatable bonds is 0. The number of hydrogen-bond acceptors (Lipinski definition) is 1. The maximum absolute atomic E-state index is 13.5. The van der Waals surface area contributed by atoms with Crippen molar-refractivity contribution in [1.82, 2.24) is 4.98 Å². The van der Waals surface area contributed by atoms with E-state index in [0.717, 1.165) is 11.1 Å². The average molecular weight is 353 g/mol. The lowest BCUT2D eigenvalue weighted by molar-refractivity contribution is 0.622. The lowest BCUT2D eigenvalue weighted by Crippen LogP contribution is -1.90. The van der Waals surface area contributed by atoms with E-state index >= 15 is 0 Å². The van der Waals surface area contributed by atoms with Crippen molar-refractivity contribution in [2.24, 2.45) is 0 Å². The predicted octanol–water partition coefficient (Wildman–Crippen LogP) is 4.86. The van der Waals surface area contributed by atoms with Gasteiger partial charge in [-0.15, -0.1) is 0 Å². The Bertz CT molecular complexity index is 549. The van der Waals surface area contributed by atoms with Gasteiger partial charge in [-0.05, 0) is 50.4 Å². The summed E-state index contributed by atoms with van der Waals surface area (Å²) in [7, 11) is 0. The zero-order valence-corrected chi connectivity index (χ0v) is 11.5. The number of aryl methyl sites for hydroxylation is 1. The number of aromatic nitrogens is 1. The van der Waals surface area contributed by atoms with Gasteiger partial charge in [-0.2, -0.15) is 0 Å². The Kier molecular flexibility index (Phi) is 3.01. The highest BCUT2D eigenvalue weighted by atomic mass is 79.9. The van der Waals surface area contributed by atoms with Crippen molar-refractivity contribution in [2.75, 3.05) is 0 Å². The van der Waals surface area contributed by atoms with E-state index in [2.05, 4.69) is 36.8 Å². The van der Waals surface area contributed by atoms with Crippen LogP contribution in [0.25, 0.3) is 10.9 Å². The summed E-state index contributed by atoms with van der Waals surface area (Å²) in [6.07, 6.45) is 1.55. The van der Waals surface area contributed by atoms with E-state index in [4.69, 9.17) is 11.6 Å². The molecule has 0 aliphatic rings. The smallest absolute Gasteiger partial charge is 0.138 e. The first-order chi connectivity index (χ1) is 7.02. The number of pyridine rings is 1. The van der Waals surface area contributed by atoms with Crippen LogP contribution in [0.1, 0.15) is 5.56 Å². The van der Waals surface area contributed by atoms with Gasteiger partial charge in [-0.3, -0.25) is 4.98 Å². The highest BCUT2D eigenvalue weighted by Gasteiger charge is 2.13. The molecule has 0 radical (unpaired) electrons. The third-order valence-electron chi connectivity index (χ3n) is 2.12. The highest BCUT2D eigenvalue weighted by Crippen LogP contribution is 2.37. The molecular weight excluding hydrogens is 348 g/mol. The molecule has 1 aromatic heterocycles. The lowest BCUT2D eigenvalue weighted by Gasteiger charge is -2.08. The molecule has 5 heteroatoms. The molecule has 0 fully saturated rings. The summed E-state index contributed by atoms with van der Waals surface area (Å²) in [5.74, 6) is -0.315. The molecule has 0 aliphatic carbocycles. The number of hydrogen-bond donors (Lipinski definition) is 0. The fraction of sp³-hybridized carbons (Fsp3) is 0.100. The second-order valence-electron chi connectivity index (χ2n) is 3.13. The van der Waals surface area contributed by atoms with E-state index in [-0.39, 0.29) is 5.82 Å². The largest absolute Gasteiger partial charge is 0.254 e. The molecule has 1 nitrogen and oxygen atoms in total. The summed E-state index contributed by atoms with van der Waals surface area (Å²) >= 11 is 12.4. The van der Waals surface area contributed by atoms with Crippen molar-refractivity contribution in [2.45, 2.75) is 6.92 Å². The van der Waals surface area contributed by atoms with Crippen molar-refractivity contribution in [1.29, 1.82) is 0 Å². The monoisotopic (exact) mass is 351 g/mol. The second kappa shape index (κ2) is 4.00. The summed E-state index contributed by atoms with van der Waals surface area (Å²) in [5, 5.41) is 1.13. The molecule has 1 heterocycles. The molecule has 78 valence electrons. The maximum atomic E-state index is 13.5. The molecule has 0 bridgehead atoms. The van der Waals surface area contributed by atoms with Crippen LogP contribution in [-0.4, -0.2) is 4.98 Å². The molecule has 0 unspecified atom stereocenters. The maximum Gasteiger partial charge on any atom is 0.138 e. The van der Waals surface area contributed by atoms with Gasteiger partial charge in [0.05, 0.1) is 15.0 Å². The quantitative estimate of drug-likeness (QED) is 0.659. The normalized spacial score (nSPS) is 11.0. The first-order valence-electron chi connectivity index (χ1n) is 4.10. The highest BCUT2D eigenvalue weighted by molar-refractivity contribution is 9.11. The first kappa shape index (κ1) is 11.3. The molecule has 2 aromatic rings. The van der Waals surface area contributed by atoms with Gasteiger partial charge in [0, 0.05) is 16.1 Å². The van der Waals surface area contributed by atoms with Crippen molar-refractivity contribution >= 4 is 54.4 Å². The summed E-state index contributed by atoms with van der Waals surface area (Å²) in [6.45, 7) is 1.81. The van der Waals surface area contributed by atoms with Crippen LogP contribution < -0.4 is 0 Å². The molecule has 0 saturated heterocycles. The van der Waals surface area contributed by atoms with Crippen LogP contribution in [0.4, 0.5) is 4.39 Å². The second-order valence-corrected chi connectivity index (χ2v) is 5.13. The van der Waals surface area contributed by atoms with Gasteiger partial charge in [0.25, 0.3) is 0 Å². The van der Waals surface area contributed by atoms with Crippen molar-refractivity contribution in [3.05, 3.63) is 37.6 Å². The van der Waals surface area contributed by atoms with Crippen LogP contribution in [0, 0.1) is 12.7 Å². The molecular formula is C10H5Br2ClFN. The molecule has 2 rings (SSSR count). The fourth-order valence-electron chi connectivity index (χ4n) is 1.41. The third kappa shape index (κ3) is 1.79. The number of benzene rings is 1. The van der Waals surface area contributed by atoms with Crippen molar-refractivity contribution in [3.63, 3.8) is 0 Å². The molecule has 15 heavy (non-hydrogen) atoms. The number of halogens is 4. The summed E-state index contributed by atoms with van der Waals surface area (Å²) in [6, 6.07) is 1.44. The number of nitrogens with zero attached hydrogens (tertiary/aromatic N) is 1. The van der Waals surface area contributed by atoms with Gasteiger partial charge < -0.3 is 0 Å². The fourth-order valence-corrected chi connectivity index (χ4v) is 2.80. The van der Waals surface area contributed by atoms with E-state index in [1.165, 1.54) is 6.07 Å². The Hall–Kier alpha value is -0.190. The van der Waals surface area contributed by atoms with Gasteiger partial charge in [0.15, 0.2) is 0 Å². The summed E-state index contributed by atoms with van der Waals surface area (Å²) in [5.41, 5.74) is 1.52. The SMILES string of the molecule is Cc1cc(F)c(Br)c2c(Br)c(Cl)cnc12. The van der Waals surface area contributed by atoms with E-state index in [1.54, 1.807) is 6.20 Å². The predicted molar refractivity (Wildman–Crippen MR) is 66.8 cm³/mol. The van der Waals surface area contributed by atoms with E-state index in [9.17, 15) is 4.39 Å². The average Bonchev–Trinajstić information content (AvgIpc) is 2.19. The molecule has 0 aliphatic heterocycles. The zero-order valence-electron chi connectivity index (χ0n) is 7.61. The van der Waals surface area contributed by atoms with E-state index in [1.807, 2.05) is 6.92 Å². The molecule has 0 saturated carbocycles. The molecule has 0 atom stereocenters. The standard InChI is InChI=1S/C10H5Br2ClFN/c1-4-2-6(14)9(12)7-8(11)5(13)3-15-10(4)7/h2-3H,1H3. The van der Waals surface area contributed by atoms with Crippen LogP contribution in [0.5, 0.6) is 0 Å². The Balaban J connectivity index is 3.04. The van der Waals surface area contributed by atoms with Gasteiger partial charge in [-0.25, -0.2) is 4.39 Å². The van der Waals surface area contributed by atoms with Crippen LogP contribution in [0.15, 0.2) is 21.2 Å². The molecule has 0 N–H and O–H groups in total. The van der Waals surface area contributed by atoms with Crippen molar-refractivity contribution in [3.8, 4) is 0 Å². The Morgan fingerprint density at radius 3 is 2.67 bits per heavy atom. The molecule has 0 spiro atoms. The lowest BCUT2D eigenvalue weighted by atomic mass is 10.1. The molecule has 0 amide bonds. The zero-order chi connectivity index (χ0) is 11.2. The molecule has 1 aromatic carbocycles. The van der Waals surface area contributed by atoms with Crippen LogP contribution >= 0.6 is 43.5 Å². The van der Waals surface area contributed by atoms with E-state index in [0.29, 0.717) is 19.4 Å². The summed E-state index contributed by atoms with van der Waals surface area (Å²) < 4.78 is 14.5. The van der Waals surface area contributed by atoms with Gasteiger partial charge in [-0.1, -0.05) is 11.6 Å². The van der Waals surface area contributed by atoms with Crippen LogP contribution in [-0.2, 0) is 0 Å².